The van der Waals surface area contributed by atoms with Crippen LogP contribution in [-0.4, -0.2) is 105 Å². The number of piperidine rings is 1. The molecule has 3 aliphatic heterocycles. The standard InChI is InChI=1S/C32H39F2N9O3S/c1-40-16-18-41(19-17-40)23-10-13-42(14-11-23)26-7-6-22(20-27(26)46-31(33)34)36-32-38-29-24(8-12-35-29)30(39-32)37-25-5-3-4-21-9-15-43(28(21)25)47(2,44)45/h3-8,12,20,23,31H,9-11,13-19H2,1-2H3,(H3,35,36,37,38,39). The van der Waals surface area contributed by atoms with E-state index in [-0.39, 0.29) is 11.7 Å². The molecule has 47 heavy (non-hydrogen) atoms. The molecule has 0 saturated carbocycles. The first-order chi connectivity index (χ1) is 22.6. The van der Waals surface area contributed by atoms with Gasteiger partial charge in [0.1, 0.15) is 11.5 Å². The van der Waals surface area contributed by atoms with Gasteiger partial charge in [-0.3, -0.25) is 9.21 Å². The maximum absolute atomic E-state index is 13.6. The van der Waals surface area contributed by atoms with Crippen LogP contribution in [0.4, 0.5) is 43.3 Å². The van der Waals surface area contributed by atoms with E-state index in [2.05, 4.69) is 42.3 Å². The summed E-state index contributed by atoms with van der Waals surface area (Å²) in [5, 5.41) is 7.18. The minimum absolute atomic E-state index is 0.0862. The van der Waals surface area contributed by atoms with Gasteiger partial charge in [-0.2, -0.15) is 18.7 Å². The molecule has 2 saturated heterocycles. The van der Waals surface area contributed by atoms with Crippen LogP contribution in [0.3, 0.4) is 0 Å². The van der Waals surface area contributed by atoms with E-state index in [0.717, 1.165) is 57.7 Å². The van der Waals surface area contributed by atoms with Crippen LogP contribution in [0.15, 0.2) is 48.7 Å². The number of piperazine rings is 1. The summed E-state index contributed by atoms with van der Waals surface area (Å²) >= 11 is 0. The van der Waals surface area contributed by atoms with Crippen molar-refractivity contribution in [1.29, 1.82) is 0 Å². The van der Waals surface area contributed by atoms with Gasteiger partial charge in [0.25, 0.3) is 0 Å². The van der Waals surface area contributed by atoms with Crippen molar-refractivity contribution < 1.29 is 21.9 Å². The molecule has 0 aliphatic carbocycles. The van der Waals surface area contributed by atoms with Crippen molar-refractivity contribution >= 4 is 55.6 Å². The maximum atomic E-state index is 13.6. The molecule has 3 aliphatic rings. The van der Waals surface area contributed by atoms with Gasteiger partial charge in [0, 0.05) is 69.8 Å². The Labute approximate surface area is 272 Å². The SMILES string of the molecule is CN1CCN(C2CCN(c3ccc(Nc4nc(Nc5cccc6c5N(S(C)(=O)=O)CC6)c5cc[nH]c5n4)cc3OC(F)F)CC2)CC1. The third-order valence-corrected chi connectivity index (χ3v) is 10.5. The van der Waals surface area contributed by atoms with Gasteiger partial charge in [-0.05, 0) is 56.1 Å². The quantitative estimate of drug-likeness (QED) is 0.234. The number of nitrogens with one attached hydrogen (secondary N) is 3. The monoisotopic (exact) mass is 667 g/mol. The number of rotatable bonds is 9. The van der Waals surface area contributed by atoms with E-state index in [1.54, 1.807) is 18.3 Å². The van der Waals surface area contributed by atoms with Crippen LogP contribution in [0.25, 0.3) is 11.0 Å². The summed E-state index contributed by atoms with van der Waals surface area (Å²) in [4.78, 5) is 19.4. The lowest BCUT2D eigenvalue weighted by atomic mass is 10.0. The van der Waals surface area contributed by atoms with Crippen LogP contribution in [0.1, 0.15) is 18.4 Å². The number of ether oxygens (including phenoxy) is 1. The van der Waals surface area contributed by atoms with E-state index < -0.39 is 16.6 Å². The lowest BCUT2D eigenvalue weighted by molar-refractivity contribution is -0.0495. The predicted octanol–water partition coefficient (Wildman–Crippen LogP) is 4.58. The van der Waals surface area contributed by atoms with Crippen molar-refractivity contribution in [2.45, 2.75) is 31.9 Å². The summed E-state index contributed by atoms with van der Waals surface area (Å²) in [6.45, 7) is 3.15. The predicted molar refractivity (Wildman–Crippen MR) is 180 cm³/mol. The Morgan fingerprint density at radius 1 is 0.979 bits per heavy atom. The molecule has 0 radical (unpaired) electrons. The summed E-state index contributed by atoms with van der Waals surface area (Å²) in [6, 6.07) is 13.1. The number of sulfonamides is 1. The fourth-order valence-electron chi connectivity index (χ4n) is 6.91. The Kier molecular flexibility index (Phi) is 8.53. The first-order valence-electron chi connectivity index (χ1n) is 15.9. The molecule has 2 fully saturated rings. The summed E-state index contributed by atoms with van der Waals surface area (Å²) in [7, 11) is -1.33. The molecule has 0 spiro atoms. The normalized spacial score (nSPS) is 18.2. The zero-order valence-electron chi connectivity index (χ0n) is 26.4. The van der Waals surface area contributed by atoms with E-state index in [9.17, 15) is 17.2 Å². The fourth-order valence-corrected chi connectivity index (χ4v) is 7.88. The zero-order chi connectivity index (χ0) is 32.7. The van der Waals surface area contributed by atoms with E-state index in [1.165, 1.54) is 10.6 Å². The highest BCUT2D eigenvalue weighted by atomic mass is 32.2. The molecule has 12 nitrogen and oxygen atoms in total. The highest BCUT2D eigenvalue weighted by Crippen LogP contribution is 2.40. The number of benzene rings is 2. The van der Waals surface area contributed by atoms with Gasteiger partial charge in [-0.15, -0.1) is 0 Å². The summed E-state index contributed by atoms with van der Waals surface area (Å²) < 4.78 is 58.7. The number of nitrogens with zero attached hydrogens (tertiary/aromatic N) is 6. The number of anilines is 6. The number of alkyl halides is 2. The third kappa shape index (κ3) is 6.64. The molecular weight excluding hydrogens is 628 g/mol. The molecular formula is C32H39F2N9O3S. The Balaban J connectivity index is 1.12. The van der Waals surface area contributed by atoms with Crippen molar-refractivity contribution in [1.82, 2.24) is 24.8 Å². The van der Waals surface area contributed by atoms with Gasteiger partial charge in [0.2, 0.25) is 16.0 Å². The minimum atomic E-state index is -3.48. The van der Waals surface area contributed by atoms with E-state index >= 15 is 0 Å². The first kappa shape index (κ1) is 31.4. The van der Waals surface area contributed by atoms with Gasteiger partial charge >= 0.3 is 6.61 Å². The molecule has 0 amide bonds. The lowest BCUT2D eigenvalue weighted by Gasteiger charge is -2.42. The number of likely N-dealkylation sites (N-methyl/N-ethyl adjacent to an activating group) is 1. The fraction of sp³-hybridized carbons (Fsp3) is 0.438. The van der Waals surface area contributed by atoms with Gasteiger partial charge in [-0.25, -0.2) is 8.42 Å². The van der Waals surface area contributed by atoms with Crippen LogP contribution in [0.2, 0.25) is 0 Å². The average molecular weight is 668 g/mol. The van der Waals surface area contributed by atoms with Crippen LogP contribution < -0.4 is 24.6 Å². The molecule has 250 valence electrons. The second kappa shape index (κ2) is 12.8. The number of para-hydroxylation sites is 1. The molecule has 2 aromatic carbocycles. The molecule has 15 heteroatoms. The number of halogens is 2. The van der Waals surface area contributed by atoms with Crippen molar-refractivity contribution in [3.05, 3.63) is 54.2 Å². The number of hydrogen-bond acceptors (Lipinski definition) is 10. The van der Waals surface area contributed by atoms with Gasteiger partial charge in [-0.1, -0.05) is 12.1 Å². The molecule has 0 bridgehead atoms. The van der Waals surface area contributed by atoms with E-state index in [1.807, 2.05) is 30.3 Å². The van der Waals surface area contributed by atoms with Crippen LogP contribution in [0.5, 0.6) is 5.75 Å². The Hall–Kier alpha value is -4.21. The number of H-pyrrole nitrogens is 1. The average Bonchev–Trinajstić information content (AvgIpc) is 3.70. The molecule has 2 aromatic heterocycles. The summed E-state index contributed by atoms with van der Waals surface area (Å²) in [6.07, 6.45) is 5.47. The molecule has 0 unspecified atom stereocenters. The second-order valence-corrected chi connectivity index (χ2v) is 14.3. The minimum Gasteiger partial charge on any atom is -0.433 e. The number of aromatic amines is 1. The number of hydrogen-bond donors (Lipinski definition) is 3. The van der Waals surface area contributed by atoms with Crippen molar-refractivity contribution in [3.63, 3.8) is 0 Å². The van der Waals surface area contributed by atoms with Crippen molar-refractivity contribution in [2.75, 3.05) is 79.0 Å². The lowest BCUT2D eigenvalue weighted by Crippen LogP contribution is -2.52. The Morgan fingerprint density at radius 2 is 1.77 bits per heavy atom. The third-order valence-electron chi connectivity index (χ3n) is 9.31. The molecule has 7 rings (SSSR count). The topological polar surface area (TPSA) is 122 Å². The number of aromatic nitrogens is 3. The van der Waals surface area contributed by atoms with Gasteiger partial charge in [0.05, 0.1) is 28.7 Å². The molecule has 0 atom stereocenters. The largest absolute Gasteiger partial charge is 0.433 e. The zero-order valence-corrected chi connectivity index (χ0v) is 27.2. The number of fused-ring (bicyclic) bond motifs is 2. The summed E-state index contributed by atoms with van der Waals surface area (Å²) in [5.74, 6) is 0.762. The van der Waals surface area contributed by atoms with Gasteiger partial charge in [0.15, 0.2) is 5.75 Å². The Bertz CT molecular complexity index is 1860. The van der Waals surface area contributed by atoms with E-state index in [4.69, 9.17) is 9.72 Å². The van der Waals surface area contributed by atoms with E-state index in [0.29, 0.717) is 58.6 Å². The molecule has 5 heterocycles. The van der Waals surface area contributed by atoms with Crippen LogP contribution >= 0.6 is 0 Å². The van der Waals surface area contributed by atoms with Crippen molar-refractivity contribution in [3.8, 4) is 5.75 Å². The molecule has 4 aromatic rings. The highest BCUT2D eigenvalue weighted by molar-refractivity contribution is 7.92. The first-order valence-corrected chi connectivity index (χ1v) is 17.7. The maximum Gasteiger partial charge on any atom is 0.387 e. The highest BCUT2D eigenvalue weighted by Gasteiger charge is 2.30. The summed E-state index contributed by atoms with van der Waals surface area (Å²) in [5.41, 5.74) is 3.78. The smallest absolute Gasteiger partial charge is 0.387 e. The molecule has 3 N–H and O–H groups in total. The van der Waals surface area contributed by atoms with Crippen LogP contribution in [0, 0.1) is 0 Å². The van der Waals surface area contributed by atoms with Crippen LogP contribution in [-0.2, 0) is 16.4 Å². The van der Waals surface area contributed by atoms with Crippen molar-refractivity contribution in [2.24, 2.45) is 0 Å². The Morgan fingerprint density at radius 3 is 2.51 bits per heavy atom. The van der Waals surface area contributed by atoms with Gasteiger partial charge < -0.3 is 30.2 Å². The second-order valence-electron chi connectivity index (χ2n) is 12.4.